The van der Waals surface area contributed by atoms with Crippen molar-refractivity contribution in [1.82, 2.24) is 0 Å². The Bertz CT molecular complexity index is 950. The molecule has 0 spiro atoms. The van der Waals surface area contributed by atoms with Gasteiger partial charge in [0.15, 0.2) is 5.78 Å². The summed E-state index contributed by atoms with van der Waals surface area (Å²) >= 11 is 6.18. The standard InChI is InChI=1S/C23H23ClO3/c1-2-3-4-9-14-27-21-15-19(22(25)17-11-6-5-10-16(17)21)23(26)18-12-7-8-13-20(18)24/h5-8,10-13,15,25H,2-4,9,14H2,1H3. The van der Waals surface area contributed by atoms with E-state index >= 15 is 0 Å². The summed E-state index contributed by atoms with van der Waals surface area (Å²) in [5.41, 5.74) is 0.559. The lowest BCUT2D eigenvalue weighted by atomic mass is 9.97. The van der Waals surface area contributed by atoms with Crippen LogP contribution in [0.5, 0.6) is 11.5 Å². The highest BCUT2D eigenvalue weighted by Crippen LogP contribution is 2.37. The normalized spacial score (nSPS) is 10.9. The van der Waals surface area contributed by atoms with Gasteiger partial charge in [-0.25, -0.2) is 0 Å². The summed E-state index contributed by atoms with van der Waals surface area (Å²) in [6, 6.07) is 15.9. The number of fused-ring (bicyclic) bond motifs is 1. The molecule has 140 valence electrons. The molecule has 27 heavy (non-hydrogen) atoms. The van der Waals surface area contributed by atoms with Crippen molar-refractivity contribution in [3.63, 3.8) is 0 Å². The maximum absolute atomic E-state index is 13.0. The summed E-state index contributed by atoms with van der Waals surface area (Å²) < 4.78 is 5.98. The van der Waals surface area contributed by atoms with Crippen molar-refractivity contribution in [1.29, 1.82) is 0 Å². The SMILES string of the molecule is CCCCCCOc1cc(C(=O)c2ccccc2Cl)c(O)c2ccccc12. The molecule has 0 bridgehead atoms. The predicted molar refractivity (Wildman–Crippen MR) is 110 cm³/mol. The van der Waals surface area contributed by atoms with E-state index in [1.54, 1.807) is 36.4 Å². The Balaban J connectivity index is 1.99. The van der Waals surface area contributed by atoms with Crippen LogP contribution in [0.4, 0.5) is 0 Å². The van der Waals surface area contributed by atoms with Crippen LogP contribution >= 0.6 is 11.6 Å². The molecule has 0 saturated carbocycles. The van der Waals surface area contributed by atoms with Crippen molar-refractivity contribution in [3.8, 4) is 11.5 Å². The molecule has 0 aliphatic rings. The van der Waals surface area contributed by atoms with E-state index in [0.717, 1.165) is 18.2 Å². The van der Waals surface area contributed by atoms with Crippen LogP contribution in [-0.2, 0) is 0 Å². The number of halogens is 1. The van der Waals surface area contributed by atoms with Crippen LogP contribution in [-0.4, -0.2) is 17.5 Å². The number of carbonyl (C=O) groups is 1. The first-order valence-corrected chi connectivity index (χ1v) is 9.68. The topological polar surface area (TPSA) is 46.5 Å². The molecule has 3 rings (SSSR count). The van der Waals surface area contributed by atoms with Gasteiger partial charge >= 0.3 is 0 Å². The van der Waals surface area contributed by atoms with E-state index in [9.17, 15) is 9.90 Å². The summed E-state index contributed by atoms with van der Waals surface area (Å²) in [5.74, 6) is 0.240. The molecule has 0 aromatic heterocycles. The number of rotatable bonds is 8. The molecule has 3 nitrogen and oxygen atoms in total. The van der Waals surface area contributed by atoms with Gasteiger partial charge in [-0.3, -0.25) is 4.79 Å². The molecule has 3 aromatic carbocycles. The minimum absolute atomic E-state index is 0.0474. The Morgan fingerprint density at radius 2 is 1.67 bits per heavy atom. The number of unbranched alkanes of at least 4 members (excludes halogenated alkanes) is 3. The average Bonchev–Trinajstić information content (AvgIpc) is 2.69. The highest BCUT2D eigenvalue weighted by molar-refractivity contribution is 6.35. The van der Waals surface area contributed by atoms with E-state index in [1.807, 2.05) is 18.2 Å². The second kappa shape index (κ2) is 8.92. The Morgan fingerprint density at radius 1 is 0.963 bits per heavy atom. The zero-order valence-corrected chi connectivity index (χ0v) is 16.1. The number of hydrogen-bond acceptors (Lipinski definition) is 3. The summed E-state index contributed by atoms with van der Waals surface area (Å²) in [5, 5.41) is 12.5. The molecule has 0 amide bonds. The first kappa shape index (κ1) is 19.2. The summed E-state index contributed by atoms with van der Waals surface area (Å²) in [4.78, 5) is 13.0. The monoisotopic (exact) mass is 382 g/mol. The van der Waals surface area contributed by atoms with E-state index in [0.29, 0.717) is 28.3 Å². The van der Waals surface area contributed by atoms with Crippen LogP contribution in [0.1, 0.15) is 48.5 Å². The number of benzene rings is 3. The average molecular weight is 383 g/mol. The smallest absolute Gasteiger partial charge is 0.198 e. The predicted octanol–water partition coefficient (Wildman–Crippen LogP) is 6.39. The van der Waals surface area contributed by atoms with Crippen molar-refractivity contribution < 1.29 is 14.6 Å². The molecule has 0 radical (unpaired) electrons. The van der Waals surface area contributed by atoms with E-state index < -0.39 is 0 Å². The van der Waals surface area contributed by atoms with E-state index in [2.05, 4.69) is 6.92 Å². The number of hydrogen-bond donors (Lipinski definition) is 1. The van der Waals surface area contributed by atoms with Gasteiger partial charge in [-0.1, -0.05) is 74.2 Å². The molecule has 0 aliphatic heterocycles. The van der Waals surface area contributed by atoms with E-state index in [1.165, 1.54) is 12.8 Å². The molecule has 0 saturated heterocycles. The Morgan fingerprint density at radius 3 is 2.41 bits per heavy atom. The van der Waals surface area contributed by atoms with Gasteiger partial charge in [0.2, 0.25) is 0 Å². The van der Waals surface area contributed by atoms with E-state index in [4.69, 9.17) is 16.3 Å². The fourth-order valence-electron chi connectivity index (χ4n) is 3.12. The Hall–Kier alpha value is -2.52. The van der Waals surface area contributed by atoms with Crippen molar-refractivity contribution in [2.24, 2.45) is 0 Å². The zero-order valence-electron chi connectivity index (χ0n) is 15.4. The highest BCUT2D eigenvalue weighted by Gasteiger charge is 2.20. The number of phenolic OH excluding ortho intramolecular Hbond substituents is 1. The molecular formula is C23H23ClO3. The highest BCUT2D eigenvalue weighted by atomic mass is 35.5. The first-order valence-electron chi connectivity index (χ1n) is 9.30. The molecule has 1 N–H and O–H groups in total. The van der Waals surface area contributed by atoms with Crippen LogP contribution < -0.4 is 4.74 Å². The zero-order chi connectivity index (χ0) is 19.2. The molecule has 4 heteroatoms. The van der Waals surface area contributed by atoms with Crippen molar-refractivity contribution in [2.75, 3.05) is 6.61 Å². The largest absolute Gasteiger partial charge is 0.507 e. The third-order valence-electron chi connectivity index (χ3n) is 4.60. The van der Waals surface area contributed by atoms with Crippen LogP contribution in [0.2, 0.25) is 5.02 Å². The molecule has 0 unspecified atom stereocenters. The fraction of sp³-hybridized carbons (Fsp3) is 0.261. The van der Waals surface area contributed by atoms with Gasteiger partial charge in [-0.05, 0) is 24.6 Å². The van der Waals surface area contributed by atoms with Gasteiger partial charge in [0.05, 0.1) is 17.2 Å². The van der Waals surface area contributed by atoms with Gasteiger partial charge in [-0.2, -0.15) is 0 Å². The van der Waals surface area contributed by atoms with Crippen LogP contribution in [0.15, 0.2) is 54.6 Å². The summed E-state index contributed by atoms with van der Waals surface area (Å²) in [6.07, 6.45) is 4.41. The van der Waals surface area contributed by atoms with Gasteiger partial charge in [0, 0.05) is 16.3 Å². The molecule has 0 aliphatic carbocycles. The minimum atomic E-state index is -0.320. The van der Waals surface area contributed by atoms with Crippen LogP contribution in [0.3, 0.4) is 0 Å². The third-order valence-corrected chi connectivity index (χ3v) is 4.93. The van der Waals surface area contributed by atoms with Gasteiger partial charge in [0.25, 0.3) is 0 Å². The van der Waals surface area contributed by atoms with Gasteiger partial charge in [-0.15, -0.1) is 0 Å². The van der Waals surface area contributed by atoms with Crippen molar-refractivity contribution in [3.05, 3.63) is 70.7 Å². The quantitative estimate of drug-likeness (QED) is 0.362. The number of phenols is 1. The Labute approximate surface area is 164 Å². The molecule has 3 aromatic rings. The number of ketones is 1. The van der Waals surface area contributed by atoms with Crippen molar-refractivity contribution in [2.45, 2.75) is 32.6 Å². The Kier molecular flexibility index (Phi) is 6.36. The third kappa shape index (κ3) is 4.25. The molecule has 0 fully saturated rings. The van der Waals surface area contributed by atoms with Crippen LogP contribution in [0.25, 0.3) is 10.8 Å². The summed E-state index contributed by atoms with van der Waals surface area (Å²) in [7, 11) is 0. The summed E-state index contributed by atoms with van der Waals surface area (Å²) in [6.45, 7) is 2.75. The molecular weight excluding hydrogens is 360 g/mol. The van der Waals surface area contributed by atoms with Gasteiger partial charge in [0.1, 0.15) is 11.5 Å². The van der Waals surface area contributed by atoms with Crippen LogP contribution in [0, 0.1) is 0 Å². The molecule has 0 heterocycles. The second-order valence-electron chi connectivity index (χ2n) is 6.53. The minimum Gasteiger partial charge on any atom is -0.507 e. The lowest BCUT2D eigenvalue weighted by molar-refractivity contribution is 0.103. The fourth-order valence-corrected chi connectivity index (χ4v) is 3.34. The number of carbonyl (C=O) groups excluding carboxylic acids is 1. The number of ether oxygens (including phenoxy) is 1. The maximum atomic E-state index is 13.0. The molecule has 0 atom stereocenters. The van der Waals surface area contributed by atoms with Gasteiger partial charge < -0.3 is 9.84 Å². The first-order chi connectivity index (χ1) is 13.1. The van der Waals surface area contributed by atoms with Crippen molar-refractivity contribution >= 4 is 28.2 Å². The second-order valence-corrected chi connectivity index (χ2v) is 6.94. The number of aromatic hydroxyl groups is 1. The van der Waals surface area contributed by atoms with E-state index in [-0.39, 0.29) is 17.1 Å². The maximum Gasteiger partial charge on any atom is 0.198 e. The lowest BCUT2D eigenvalue weighted by Gasteiger charge is -2.14. The lowest BCUT2D eigenvalue weighted by Crippen LogP contribution is -2.05.